The van der Waals surface area contributed by atoms with Gasteiger partial charge in [0.05, 0.1) is 12.1 Å². The van der Waals surface area contributed by atoms with Crippen LogP contribution in [0.5, 0.6) is 0 Å². The Hall–Kier alpha value is -2.24. The van der Waals surface area contributed by atoms with Crippen molar-refractivity contribution in [2.45, 2.75) is 12.7 Å². The van der Waals surface area contributed by atoms with E-state index in [1.165, 1.54) is 12.1 Å². The molecule has 0 bridgehead atoms. The van der Waals surface area contributed by atoms with E-state index in [2.05, 4.69) is 4.90 Å². The molecular weight excluding hydrogens is 363 g/mol. The Labute approximate surface area is 156 Å². The number of rotatable bonds is 5. The third-order valence-corrected chi connectivity index (χ3v) is 3.87. The van der Waals surface area contributed by atoms with Gasteiger partial charge >= 0.3 is 6.18 Å². The molecule has 3 aromatic rings. The van der Waals surface area contributed by atoms with Gasteiger partial charge in [-0.1, -0.05) is 42.5 Å². The van der Waals surface area contributed by atoms with Crippen LogP contribution in [-0.4, -0.2) is 18.5 Å². The molecule has 0 N–H and O–H groups in total. The molecule has 2 aromatic carbocycles. The summed E-state index contributed by atoms with van der Waals surface area (Å²) in [4.78, 5) is 2.07. The molecule has 1 heterocycles. The maximum Gasteiger partial charge on any atom is 0.416 e. The number of hydrogen-bond acceptors (Lipinski definition) is 2. The topological polar surface area (TPSA) is 16.4 Å². The van der Waals surface area contributed by atoms with Crippen molar-refractivity contribution in [3.05, 3.63) is 77.6 Å². The van der Waals surface area contributed by atoms with Gasteiger partial charge in [-0.15, -0.1) is 12.4 Å². The molecule has 2 nitrogen and oxygen atoms in total. The highest BCUT2D eigenvalue weighted by Crippen LogP contribution is 2.29. The van der Waals surface area contributed by atoms with Gasteiger partial charge in [-0.2, -0.15) is 13.2 Å². The van der Waals surface area contributed by atoms with E-state index in [0.717, 1.165) is 34.4 Å². The summed E-state index contributed by atoms with van der Waals surface area (Å²) in [6, 6.07) is 15.0. The zero-order valence-electron chi connectivity index (χ0n) is 14.2. The number of nitrogens with zero attached hydrogens (tertiary/aromatic N) is 1. The summed E-state index contributed by atoms with van der Waals surface area (Å²) in [5, 5.41) is 1.08. The lowest BCUT2D eigenvalue weighted by molar-refractivity contribution is -0.137. The first-order valence-corrected chi connectivity index (χ1v) is 7.91. The van der Waals surface area contributed by atoms with Crippen molar-refractivity contribution < 1.29 is 17.6 Å². The van der Waals surface area contributed by atoms with Crippen molar-refractivity contribution in [1.82, 2.24) is 4.90 Å². The minimum absolute atomic E-state index is 0. The Kier molecular flexibility index (Phi) is 6.51. The van der Waals surface area contributed by atoms with E-state index in [1.54, 1.807) is 0 Å². The van der Waals surface area contributed by atoms with Crippen LogP contribution in [0.2, 0.25) is 0 Å². The van der Waals surface area contributed by atoms with Crippen LogP contribution in [0.1, 0.15) is 16.9 Å². The number of hydrogen-bond donors (Lipinski definition) is 0. The predicted molar refractivity (Wildman–Crippen MR) is 100 cm³/mol. The molecule has 1 aromatic heterocycles. The van der Waals surface area contributed by atoms with Gasteiger partial charge in [0, 0.05) is 11.9 Å². The van der Waals surface area contributed by atoms with Gasteiger partial charge in [-0.05, 0) is 36.9 Å². The van der Waals surface area contributed by atoms with E-state index < -0.39 is 11.7 Å². The zero-order valence-corrected chi connectivity index (χ0v) is 15.0. The fourth-order valence-corrected chi connectivity index (χ4v) is 2.60. The highest BCUT2D eigenvalue weighted by Gasteiger charge is 2.29. The van der Waals surface area contributed by atoms with Crippen LogP contribution < -0.4 is 0 Å². The number of likely N-dealkylation sites (N-methyl/N-ethyl adjacent to an activating group) is 1. The lowest BCUT2D eigenvalue weighted by Gasteiger charge is -2.12. The second kappa shape index (κ2) is 8.43. The molecular formula is C20H19ClF3NO. The minimum Gasteiger partial charge on any atom is -0.460 e. The smallest absolute Gasteiger partial charge is 0.416 e. The van der Waals surface area contributed by atoms with Gasteiger partial charge in [-0.3, -0.25) is 4.90 Å². The van der Waals surface area contributed by atoms with E-state index >= 15 is 0 Å². The third kappa shape index (κ3) is 5.13. The SMILES string of the molecule is CN(C/C=C/c1ccc(C(F)(F)F)cc1)Cc1cc2ccccc2o1.Cl. The summed E-state index contributed by atoms with van der Waals surface area (Å²) in [6.45, 7) is 1.32. The average Bonchev–Trinajstić information content (AvgIpc) is 2.96. The molecule has 0 radical (unpaired) electrons. The van der Waals surface area contributed by atoms with Crippen molar-refractivity contribution in [3.63, 3.8) is 0 Å². The Bertz CT molecular complexity index is 836. The molecule has 3 rings (SSSR count). The molecule has 0 unspecified atom stereocenters. The van der Waals surface area contributed by atoms with Gasteiger partial charge in [-0.25, -0.2) is 0 Å². The molecule has 0 atom stereocenters. The average molecular weight is 382 g/mol. The number of fused-ring (bicyclic) bond motifs is 1. The molecule has 138 valence electrons. The van der Waals surface area contributed by atoms with Gasteiger partial charge in [0.1, 0.15) is 11.3 Å². The molecule has 0 aliphatic carbocycles. The van der Waals surface area contributed by atoms with Gasteiger partial charge < -0.3 is 4.42 Å². The van der Waals surface area contributed by atoms with Crippen molar-refractivity contribution in [2.75, 3.05) is 13.6 Å². The van der Waals surface area contributed by atoms with Crippen LogP contribution in [0.3, 0.4) is 0 Å². The van der Waals surface area contributed by atoms with Gasteiger partial charge in [0.15, 0.2) is 0 Å². The normalized spacial score (nSPS) is 12.0. The Morgan fingerprint density at radius 1 is 1.04 bits per heavy atom. The lowest BCUT2D eigenvalue weighted by Crippen LogP contribution is -2.17. The molecule has 0 saturated carbocycles. The first-order chi connectivity index (χ1) is 11.9. The fraction of sp³-hybridized carbons (Fsp3) is 0.200. The third-order valence-electron chi connectivity index (χ3n) is 3.87. The molecule has 6 heteroatoms. The summed E-state index contributed by atoms with van der Waals surface area (Å²) >= 11 is 0. The van der Waals surface area contributed by atoms with Crippen molar-refractivity contribution >= 4 is 29.5 Å². The molecule has 0 spiro atoms. The summed E-state index contributed by atoms with van der Waals surface area (Å²) in [6.07, 6.45) is -0.560. The Balaban J connectivity index is 0.00000243. The van der Waals surface area contributed by atoms with Crippen molar-refractivity contribution in [3.8, 4) is 0 Å². The molecule has 0 fully saturated rings. The Morgan fingerprint density at radius 2 is 1.73 bits per heavy atom. The van der Waals surface area contributed by atoms with Gasteiger partial charge in [0.2, 0.25) is 0 Å². The molecule has 0 amide bonds. The second-order valence-electron chi connectivity index (χ2n) is 5.97. The fourth-order valence-electron chi connectivity index (χ4n) is 2.60. The zero-order chi connectivity index (χ0) is 17.9. The van der Waals surface area contributed by atoms with E-state index in [4.69, 9.17) is 4.42 Å². The van der Waals surface area contributed by atoms with Gasteiger partial charge in [0.25, 0.3) is 0 Å². The quantitative estimate of drug-likeness (QED) is 0.537. The standard InChI is InChI=1S/C20H18F3NO.ClH/c1-24(14-18-13-16-6-2-3-7-19(16)25-18)12-4-5-15-8-10-17(11-9-15)20(21,22)23;/h2-11,13H,12,14H2,1H3;1H/b5-4+;. The number of para-hydroxylation sites is 1. The van der Waals surface area contributed by atoms with E-state index in [1.807, 2.05) is 49.5 Å². The summed E-state index contributed by atoms with van der Waals surface area (Å²) in [5.74, 6) is 0.881. The Morgan fingerprint density at radius 3 is 2.38 bits per heavy atom. The second-order valence-corrected chi connectivity index (χ2v) is 5.97. The van der Waals surface area contributed by atoms with Crippen LogP contribution in [0.15, 0.2) is 65.1 Å². The molecule has 0 aliphatic heterocycles. The lowest BCUT2D eigenvalue weighted by atomic mass is 10.1. The van der Waals surface area contributed by atoms with E-state index in [-0.39, 0.29) is 12.4 Å². The summed E-state index contributed by atoms with van der Waals surface area (Å²) in [5.41, 5.74) is 0.975. The first-order valence-electron chi connectivity index (χ1n) is 7.91. The summed E-state index contributed by atoms with van der Waals surface area (Å²) in [7, 11) is 1.96. The predicted octanol–water partition coefficient (Wildman–Crippen LogP) is 6.02. The minimum atomic E-state index is -4.30. The number of halogens is 4. The first kappa shape index (κ1) is 20.1. The van der Waals surface area contributed by atoms with Crippen LogP contribution in [0.25, 0.3) is 17.0 Å². The van der Waals surface area contributed by atoms with Crippen molar-refractivity contribution in [1.29, 1.82) is 0 Å². The molecule has 0 aliphatic rings. The van der Waals surface area contributed by atoms with E-state index in [0.29, 0.717) is 13.1 Å². The number of benzene rings is 2. The van der Waals surface area contributed by atoms with Crippen LogP contribution >= 0.6 is 12.4 Å². The van der Waals surface area contributed by atoms with Crippen LogP contribution in [-0.2, 0) is 12.7 Å². The van der Waals surface area contributed by atoms with E-state index in [9.17, 15) is 13.2 Å². The van der Waals surface area contributed by atoms with Crippen LogP contribution in [0, 0.1) is 0 Å². The highest BCUT2D eigenvalue weighted by atomic mass is 35.5. The largest absolute Gasteiger partial charge is 0.460 e. The number of furan rings is 1. The summed E-state index contributed by atoms with van der Waals surface area (Å²) < 4.78 is 43.4. The monoisotopic (exact) mass is 381 g/mol. The maximum atomic E-state index is 12.5. The molecule has 0 saturated heterocycles. The highest BCUT2D eigenvalue weighted by molar-refractivity contribution is 5.85. The van der Waals surface area contributed by atoms with Crippen molar-refractivity contribution in [2.24, 2.45) is 0 Å². The maximum absolute atomic E-state index is 12.5. The number of alkyl halides is 3. The molecule has 26 heavy (non-hydrogen) atoms. The van der Waals surface area contributed by atoms with Crippen LogP contribution in [0.4, 0.5) is 13.2 Å².